The van der Waals surface area contributed by atoms with Crippen LogP contribution in [-0.2, 0) is 0 Å². The van der Waals surface area contributed by atoms with E-state index in [1.165, 1.54) is 13.4 Å². The molecule has 0 spiro atoms. The molecule has 1 heterocycles. The Morgan fingerprint density at radius 1 is 1.62 bits per heavy atom. The zero-order chi connectivity index (χ0) is 12.1. The summed E-state index contributed by atoms with van der Waals surface area (Å²) in [5, 5.41) is 13.8. The molecule has 16 heavy (non-hydrogen) atoms. The van der Waals surface area contributed by atoms with E-state index in [1.54, 1.807) is 0 Å². The maximum Gasteiger partial charge on any atom is 0.372 e. The Labute approximate surface area is 93.0 Å². The van der Waals surface area contributed by atoms with Crippen LogP contribution in [0.4, 0.5) is 11.5 Å². The summed E-state index contributed by atoms with van der Waals surface area (Å²) in [5.74, 6) is 0.150. The second-order valence-corrected chi connectivity index (χ2v) is 3.29. The predicted octanol–water partition coefficient (Wildman–Crippen LogP) is 1.60. The lowest BCUT2D eigenvalue weighted by Gasteiger charge is -2.12. The van der Waals surface area contributed by atoms with Crippen molar-refractivity contribution in [3.05, 3.63) is 16.4 Å². The highest BCUT2D eigenvalue weighted by Gasteiger charge is 2.24. The van der Waals surface area contributed by atoms with E-state index in [1.807, 2.05) is 13.8 Å². The number of methoxy groups -OCH3 is 1. The number of nitrogens with zero attached hydrogens (tertiary/aromatic N) is 3. The molecule has 0 amide bonds. The van der Waals surface area contributed by atoms with Gasteiger partial charge in [0.05, 0.1) is 12.0 Å². The summed E-state index contributed by atoms with van der Waals surface area (Å²) in [6.07, 6.45) is 2.07. The van der Waals surface area contributed by atoms with Crippen LogP contribution in [0, 0.1) is 10.1 Å². The number of nitro groups is 1. The summed E-state index contributed by atoms with van der Waals surface area (Å²) >= 11 is 0. The van der Waals surface area contributed by atoms with Crippen LogP contribution >= 0.6 is 0 Å². The van der Waals surface area contributed by atoms with Crippen molar-refractivity contribution in [1.82, 2.24) is 9.97 Å². The molecule has 0 saturated carbocycles. The number of hydrogen-bond donors (Lipinski definition) is 1. The Morgan fingerprint density at radius 3 is 2.81 bits per heavy atom. The van der Waals surface area contributed by atoms with E-state index in [-0.39, 0.29) is 23.4 Å². The van der Waals surface area contributed by atoms with E-state index < -0.39 is 4.92 Å². The minimum Gasteiger partial charge on any atom is -0.476 e. The van der Waals surface area contributed by atoms with Gasteiger partial charge in [-0.1, -0.05) is 6.92 Å². The van der Waals surface area contributed by atoms with Crippen LogP contribution < -0.4 is 10.1 Å². The number of anilines is 1. The maximum atomic E-state index is 10.9. The van der Waals surface area contributed by atoms with E-state index in [0.717, 1.165) is 6.42 Å². The molecule has 1 rings (SSSR count). The Morgan fingerprint density at radius 2 is 2.31 bits per heavy atom. The number of nitrogens with one attached hydrogen (secondary N) is 1. The third-order valence-corrected chi connectivity index (χ3v) is 2.16. The Hall–Kier alpha value is -1.92. The molecule has 0 aliphatic rings. The number of rotatable bonds is 5. The topological polar surface area (TPSA) is 90.2 Å². The normalized spacial score (nSPS) is 11.9. The first-order valence-corrected chi connectivity index (χ1v) is 4.90. The highest BCUT2D eigenvalue weighted by atomic mass is 16.6. The fourth-order valence-corrected chi connectivity index (χ4v) is 1.12. The lowest BCUT2D eigenvalue weighted by Crippen LogP contribution is -2.16. The number of hydrogen-bond acceptors (Lipinski definition) is 6. The average molecular weight is 226 g/mol. The first kappa shape index (κ1) is 12.2. The fraction of sp³-hybridized carbons (Fsp3) is 0.556. The molecule has 1 aromatic heterocycles. The fourth-order valence-electron chi connectivity index (χ4n) is 1.12. The van der Waals surface area contributed by atoms with Crippen LogP contribution in [-0.4, -0.2) is 28.0 Å². The van der Waals surface area contributed by atoms with E-state index >= 15 is 0 Å². The van der Waals surface area contributed by atoms with Gasteiger partial charge < -0.3 is 10.1 Å². The molecule has 0 aromatic carbocycles. The molecule has 0 aliphatic carbocycles. The van der Waals surface area contributed by atoms with Crippen molar-refractivity contribution in [3.8, 4) is 5.88 Å². The van der Waals surface area contributed by atoms with Crippen LogP contribution in [0.15, 0.2) is 6.33 Å². The van der Waals surface area contributed by atoms with Gasteiger partial charge in [-0.25, -0.2) is 4.98 Å². The third kappa shape index (κ3) is 2.56. The highest BCUT2D eigenvalue weighted by Crippen LogP contribution is 2.30. The first-order chi connectivity index (χ1) is 7.60. The standard InChI is InChI=1S/C9H14N4O3/c1-4-6(2)12-8-7(13(14)15)9(16-3)11-5-10-8/h5-6H,4H2,1-3H3,(H,10,11,12). The lowest BCUT2D eigenvalue weighted by atomic mass is 10.2. The van der Waals surface area contributed by atoms with Crippen LogP contribution in [0.5, 0.6) is 5.88 Å². The van der Waals surface area contributed by atoms with Gasteiger partial charge in [0, 0.05) is 6.04 Å². The lowest BCUT2D eigenvalue weighted by molar-refractivity contribution is -0.385. The average Bonchev–Trinajstić information content (AvgIpc) is 2.28. The van der Waals surface area contributed by atoms with Crippen LogP contribution in [0.25, 0.3) is 0 Å². The molecule has 0 bridgehead atoms. The summed E-state index contributed by atoms with van der Waals surface area (Å²) in [7, 11) is 1.34. The molecule has 0 saturated heterocycles. The van der Waals surface area contributed by atoms with E-state index in [4.69, 9.17) is 4.74 Å². The van der Waals surface area contributed by atoms with Gasteiger partial charge in [-0.15, -0.1) is 0 Å². The van der Waals surface area contributed by atoms with Crippen molar-refractivity contribution in [2.75, 3.05) is 12.4 Å². The first-order valence-electron chi connectivity index (χ1n) is 4.90. The van der Waals surface area contributed by atoms with E-state index in [0.29, 0.717) is 0 Å². The second-order valence-electron chi connectivity index (χ2n) is 3.29. The van der Waals surface area contributed by atoms with Crippen molar-refractivity contribution in [2.24, 2.45) is 0 Å². The Kier molecular flexibility index (Phi) is 3.98. The van der Waals surface area contributed by atoms with Crippen molar-refractivity contribution < 1.29 is 9.66 Å². The van der Waals surface area contributed by atoms with Crippen LogP contribution in [0.1, 0.15) is 20.3 Å². The van der Waals surface area contributed by atoms with Crippen molar-refractivity contribution >= 4 is 11.5 Å². The molecule has 88 valence electrons. The molecule has 1 aromatic rings. The monoisotopic (exact) mass is 226 g/mol. The molecule has 0 radical (unpaired) electrons. The molecule has 0 aliphatic heterocycles. The third-order valence-electron chi connectivity index (χ3n) is 2.16. The molecule has 1 unspecified atom stereocenters. The minimum absolute atomic E-state index is 0.0363. The summed E-state index contributed by atoms with van der Waals surface area (Å²) in [6.45, 7) is 3.89. The van der Waals surface area contributed by atoms with Gasteiger partial charge in [-0.05, 0) is 13.3 Å². The molecular formula is C9H14N4O3. The van der Waals surface area contributed by atoms with Gasteiger partial charge in [0.25, 0.3) is 5.88 Å². The van der Waals surface area contributed by atoms with Gasteiger partial charge in [0.15, 0.2) is 0 Å². The summed E-state index contributed by atoms with van der Waals surface area (Å²) in [4.78, 5) is 17.9. The minimum atomic E-state index is -0.552. The Balaban J connectivity index is 3.12. The zero-order valence-corrected chi connectivity index (χ0v) is 9.43. The largest absolute Gasteiger partial charge is 0.476 e. The molecule has 7 nitrogen and oxygen atoms in total. The second kappa shape index (κ2) is 5.24. The summed E-state index contributed by atoms with van der Waals surface area (Å²) in [6, 6.07) is 0.0957. The van der Waals surface area contributed by atoms with E-state index in [9.17, 15) is 10.1 Å². The van der Waals surface area contributed by atoms with Crippen molar-refractivity contribution in [2.45, 2.75) is 26.3 Å². The SMILES string of the molecule is CCC(C)Nc1ncnc(OC)c1[N+](=O)[O-]. The number of ether oxygens (including phenoxy) is 1. The van der Waals surface area contributed by atoms with Gasteiger partial charge in [0.2, 0.25) is 5.82 Å². The van der Waals surface area contributed by atoms with E-state index in [2.05, 4.69) is 15.3 Å². The Bertz CT molecular complexity index is 383. The van der Waals surface area contributed by atoms with Gasteiger partial charge in [-0.3, -0.25) is 10.1 Å². The van der Waals surface area contributed by atoms with Gasteiger partial charge in [-0.2, -0.15) is 4.98 Å². The van der Waals surface area contributed by atoms with Crippen molar-refractivity contribution in [3.63, 3.8) is 0 Å². The predicted molar refractivity (Wildman–Crippen MR) is 58.6 cm³/mol. The molecule has 1 atom stereocenters. The van der Waals surface area contributed by atoms with Crippen LogP contribution in [0.3, 0.4) is 0 Å². The smallest absolute Gasteiger partial charge is 0.372 e. The van der Waals surface area contributed by atoms with Gasteiger partial charge >= 0.3 is 5.69 Å². The molecule has 0 fully saturated rings. The zero-order valence-electron chi connectivity index (χ0n) is 9.43. The quantitative estimate of drug-likeness (QED) is 0.605. The maximum absolute atomic E-state index is 10.9. The molecule has 7 heteroatoms. The molecular weight excluding hydrogens is 212 g/mol. The highest BCUT2D eigenvalue weighted by molar-refractivity contribution is 5.61. The van der Waals surface area contributed by atoms with Crippen molar-refractivity contribution in [1.29, 1.82) is 0 Å². The van der Waals surface area contributed by atoms with Crippen LogP contribution in [0.2, 0.25) is 0 Å². The summed E-state index contributed by atoms with van der Waals surface area (Å²) < 4.78 is 4.83. The van der Waals surface area contributed by atoms with Gasteiger partial charge in [0.1, 0.15) is 6.33 Å². The number of aromatic nitrogens is 2. The summed E-state index contributed by atoms with van der Waals surface area (Å²) in [5.41, 5.74) is -0.231. The molecule has 1 N–H and O–H groups in total.